The molecule has 66 valence electrons. The van der Waals surface area contributed by atoms with Crippen LogP contribution in [0.1, 0.15) is 13.8 Å². The molecule has 0 saturated heterocycles. The van der Waals surface area contributed by atoms with Crippen LogP contribution in [0.5, 0.6) is 0 Å². The Bertz CT molecular complexity index is 97.5. The van der Waals surface area contributed by atoms with Crippen molar-refractivity contribution < 1.29 is 14.3 Å². The molecule has 11 heavy (non-hydrogen) atoms. The molecule has 0 spiro atoms. The van der Waals surface area contributed by atoms with Gasteiger partial charge in [0, 0.05) is 19.3 Å². The van der Waals surface area contributed by atoms with Crippen LogP contribution < -0.4 is 0 Å². The Kier molecular flexibility index (Phi) is 13.9. The second kappa shape index (κ2) is 11.9. The van der Waals surface area contributed by atoms with Crippen LogP contribution in [0.2, 0.25) is 0 Å². The maximum atomic E-state index is 9.84. The fraction of sp³-hybridized carbons (Fsp3) is 0.625. The van der Waals surface area contributed by atoms with Crippen molar-refractivity contribution in [2.24, 2.45) is 0 Å². The predicted octanol–water partition coefficient (Wildman–Crippen LogP) is 1.39. The van der Waals surface area contributed by atoms with Crippen LogP contribution in [0, 0.1) is 0 Å². The molecule has 0 aliphatic carbocycles. The number of carbonyl (C=O) groups excluding carboxylic acids is 1. The SMILES string of the molecule is C=CC(=O)OC.CCOCC. The highest BCUT2D eigenvalue weighted by Crippen LogP contribution is 1.67. The molecule has 0 N–H and O–H groups in total. The maximum Gasteiger partial charge on any atom is 0.329 e. The summed E-state index contributed by atoms with van der Waals surface area (Å²) < 4.78 is 8.98. The average Bonchev–Trinajstić information content (AvgIpc) is 2.06. The van der Waals surface area contributed by atoms with Gasteiger partial charge in [0.2, 0.25) is 0 Å². The fourth-order valence-electron chi connectivity index (χ4n) is 0.287. The zero-order valence-corrected chi connectivity index (χ0v) is 7.42. The Morgan fingerprint density at radius 3 is 1.91 bits per heavy atom. The van der Waals surface area contributed by atoms with Gasteiger partial charge in [-0.05, 0) is 13.8 Å². The van der Waals surface area contributed by atoms with Crippen LogP contribution in [0.25, 0.3) is 0 Å². The third-order valence-corrected chi connectivity index (χ3v) is 0.776. The Hall–Kier alpha value is -0.830. The number of esters is 1. The topological polar surface area (TPSA) is 35.5 Å². The van der Waals surface area contributed by atoms with Crippen molar-refractivity contribution in [1.82, 2.24) is 0 Å². The summed E-state index contributed by atoms with van der Waals surface area (Å²) in [5.41, 5.74) is 0. The first kappa shape index (κ1) is 12.8. The van der Waals surface area contributed by atoms with Gasteiger partial charge in [0.15, 0.2) is 0 Å². The van der Waals surface area contributed by atoms with Gasteiger partial charge < -0.3 is 9.47 Å². The fourth-order valence-corrected chi connectivity index (χ4v) is 0.287. The predicted molar refractivity (Wildman–Crippen MR) is 44.4 cm³/mol. The highest BCUT2D eigenvalue weighted by Gasteiger charge is 1.81. The molecular weight excluding hydrogens is 144 g/mol. The van der Waals surface area contributed by atoms with E-state index in [0.29, 0.717) is 0 Å². The van der Waals surface area contributed by atoms with Crippen molar-refractivity contribution in [3.8, 4) is 0 Å². The minimum absolute atomic E-state index is 0.394. The van der Waals surface area contributed by atoms with E-state index in [4.69, 9.17) is 4.74 Å². The van der Waals surface area contributed by atoms with Crippen LogP contribution >= 0.6 is 0 Å². The van der Waals surface area contributed by atoms with Crippen LogP contribution in [0.3, 0.4) is 0 Å². The second-order valence-electron chi connectivity index (χ2n) is 1.51. The van der Waals surface area contributed by atoms with Crippen LogP contribution in [-0.4, -0.2) is 26.3 Å². The quantitative estimate of drug-likeness (QED) is 0.462. The molecule has 0 aromatic rings. The van der Waals surface area contributed by atoms with Gasteiger partial charge in [-0.2, -0.15) is 0 Å². The summed E-state index contributed by atoms with van der Waals surface area (Å²) in [5.74, 6) is -0.394. The first-order valence-electron chi connectivity index (χ1n) is 3.50. The van der Waals surface area contributed by atoms with Crippen molar-refractivity contribution in [3.05, 3.63) is 12.7 Å². The van der Waals surface area contributed by atoms with Crippen LogP contribution in [0.15, 0.2) is 12.7 Å². The molecule has 0 amide bonds. The summed E-state index contributed by atoms with van der Waals surface area (Å²) in [7, 11) is 1.31. The van der Waals surface area contributed by atoms with Crippen LogP contribution in [-0.2, 0) is 14.3 Å². The summed E-state index contributed by atoms with van der Waals surface area (Å²) in [6.45, 7) is 8.82. The molecule has 0 atom stereocenters. The molecule has 0 rings (SSSR count). The summed E-state index contributed by atoms with van der Waals surface area (Å²) in [6.07, 6.45) is 1.11. The number of hydrogen-bond acceptors (Lipinski definition) is 3. The largest absolute Gasteiger partial charge is 0.466 e. The van der Waals surface area contributed by atoms with Gasteiger partial charge in [-0.15, -0.1) is 0 Å². The average molecular weight is 160 g/mol. The molecule has 0 unspecified atom stereocenters. The van der Waals surface area contributed by atoms with Gasteiger partial charge in [0.1, 0.15) is 0 Å². The third kappa shape index (κ3) is 17.6. The van der Waals surface area contributed by atoms with E-state index in [1.807, 2.05) is 13.8 Å². The summed E-state index contributed by atoms with van der Waals surface area (Å²) in [6, 6.07) is 0. The second-order valence-corrected chi connectivity index (χ2v) is 1.51. The van der Waals surface area contributed by atoms with E-state index in [0.717, 1.165) is 19.3 Å². The lowest BCUT2D eigenvalue weighted by molar-refractivity contribution is -0.134. The van der Waals surface area contributed by atoms with Gasteiger partial charge in [-0.3, -0.25) is 0 Å². The van der Waals surface area contributed by atoms with E-state index in [2.05, 4.69) is 11.3 Å². The molecule has 0 radical (unpaired) electrons. The van der Waals surface area contributed by atoms with Crippen molar-refractivity contribution >= 4 is 5.97 Å². The Labute approximate surface area is 68.0 Å². The van der Waals surface area contributed by atoms with Gasteiger partial charge in [-0.25, -0.2) is 4.79 Å². The Balaban J connectivity index is 0. The molecule has 0 aliphatic heterocycles. The number of methoxy groups -OCH3 is 1. The van der Waals surface area contributed by atoms with Crippen molar-refractivity contribution in [3.63, 3.8) is 0 Å². The smallest absolute Gasteiger partial charge is 0.329 e. The summed E-state index contributed by atoms with van der Waals surface area (Å²) in [5, 5.41) is 0. The lowest BCUT2D eigenvalue weighted by Crippen LogP contribution is -1.91. The first-order chi connectivity index (χ1) is 5.22. The minimum Gasteiger partial charge on any atom is -0.466 e. The van der Waals surface area contributed by atoms with Gasteiger partial charge in [0.25, 0.3) is 0 Å². The molecule has 0 saturated carbocycles. The van der Waals surface area contributed by atoms with Crippen molar-refractivity contribution in [1.29, 1.82) is 0 Å². The normalized spacial score (nSPS) is 7.55. The molecule has 0 aromatic carbocycles. The van der Waals surface area contributed by atoms with Gasteiger partial charge in [0.05, 0.1) is 7.11 Å². The molecule has 0 aromatic heterocycles. The van der Waals surface area contributed by atoms with Gasteiger partial charge in [-0.1, -0.05) is 6.58 Å². The Morgan fingerprint density at radius 1 is 1.45 bits per heavy atom. The van der Waals surface area contributed by atoms with Crippen molar-refractivity contribution in [2.75, 3.05) is 20.3 Å². The van der Waals surface area contributed by atoms with E-state index >= 15 is 0 Å². The van der Waals surface area contributed by atoms with E-state index < -0.39 is 5.97 Å². The zero-order chi connectivity index (χ0) is 9.11. The summed E-state index contributed by atoms with van der Waals surface area (Å²) in [4.78, 5) is 9.84. The number of ether oxygens (including phenoxy) is 2. The number of rotatable bonds is 3. The van der Waals surface area contributed by atoms with Crippen molar-refractivity contribution in [2.45, 2.75) is 13.8 Å². The van der Waals surface area contributed by atoms with E-state index in [1.165, 1.54) is 7.11 Å². The lowest BCUT2D eigenvalue weighted by atomic mass is 10.7. The molecule has 0 aliphatic rings. The molecular formula is C8H16O3. The molecule has 0 bridgehead atoms. The van der Waals surface area contributed by atoms with Gasteiger partial charge >= 0.3 is 5.97 Å². The maximum absolute atomic E-state index is 9.84. The third-order valence-electron chi connectivity index (χ3n) is 0.776. The van der Waals surface area contributed by atoms with E-state index in [9.17, 15) is 4.79 Å². The molecule has 0 heterocycles. The first-order valence-corrected chi connectivity index (χ1v) is 3.50. The molecule has 3 heteroatoms. The number of hydrogen-bond donors (Lipinski definition) is 0. The molecule has 3 nitrogen and oxygen atoms in total. The monoisotopic (exact) mass is 160 g/mol. The number of carbonyl (C=O) groups is 1. The zero-order valence-electron chi connectivity index (χ0n) is 7.42. The highest BCUT2D eigenvalue weighted by molar-refractivity contribution is 5.80. The molecule has 0 fully saturated rings. The standard InChI is InChI=1S/C4H6O2.C4H10O/c1-3-4(5)6-2;1-3-5-4-2/h3H,1H2,2H3;3-4H2,1-2H3. The minimum atomic E-state index is -0.394. The highest BCUT2D eigenvalue weighted by atomic mass is 16.5. The lowest BCUT2D eigenvalue weighted by Gasteiger charge is -1.86. The summed E-state index contributed by atoms with van der Waals surface area (Å²) >= 11 is 0. The Morgan fingerprint density at radius 2 is 1.91 bits per heavy atom. The van der Waals surface area contributed by atoms with E-state index in [1.54, 1.807) is 0 Å². The van der Waals surface area contributed by atoms with Crippen LogP contribution in [0.4, 0.5) is 0 Å². The van der Waals surface area contributed by atoms with E-state index in [-0.39, 0.29) is 0 Å².